The van der Waals surface area contributed by atoms with E-state index in [2.05, 4.69) is 44.0 Å². The Morgan fingerprint density at radius 3 is 2.64 bits per heavy atom. The Morgan fingerprint density at radius 1 is 1.36 bits per heavy atom. The molecule has 0 N–H and O–H groups in total. The monoisotopic (exact) mass is 189 g/mol. The molecule has 0 atom stereocenters. The Kier molecular flexibility index (Phi) is 3.87. The standard InChI is InChI=1S/C13H19N/c1-5-14-13-11(4)7-6-8-12(13)9-10(2)3/h5-8,10H,9H2,1-4H3. The summed E-state index contributed by atoms with van der Waals surface area (Å²) in [5.74, 6) is 0.683. The highest BCUT2D eigenvalue weighted by molar-refractivity contribution is 5.64. The average molecular weight is 189 g/mol. The molecule has 14 heavy (non-hydrogen) atoms. The fraction of sp³-hybridized carbons (Fsp3) is 0.462. The summed E-state index contributed by atoms with van der Waals surface area (Å²) in [5.41, 5.74) is 3.78. The van der Waals surface area contributed by atoms with Gasteiger partial charge in [0.05, 0.1) is 5.69 Å². The van der Waals surface area contributed by atoms with Gasteiger partial charge in [-0.05, 0) is 37.3 Å². The summed E-state index contributed by atoms with van der Waals surface area (Å²) in [6, 6.07) is 6.41. The molecule has 0 bridgehead atoms. The van der Waals surface area contributed by atoms with Crippen molar-refractivity contribution in [2.45, 2.75) is 34.1 Å². The Morgan fingerprint density at radius 2 is 2.07 bits per heavy atom. The molecule has 0 heterocycles. The molecule has 0 saturated heterocycles. The Hall–Kier alpha value is -1.11. The van der Waals surface area contributed by atoms with Crippen LogP contribution in [0.15, 0.2) is 23.2 Å². The van der Waals surface area contributed by atoms with Gasteiger partial charge in [-0.1, -0.05) is 32.0 Å². The molecular formula is C13H19N. The third-order valence-corrected chi connectivity index (χ3v) is 2.21. The lowest BCUT2D eigenvalue weighted by atomic mass is 9.99. The predicted octanol–water partition coefficient (Wildman–Crippen LogP) is 3.92. The third-order valence-electron chi connectivity index (χ3n) is 2.21. The molecule has 0 spiro atoms. The van der Waals surface area contributed by atoms with Crippen molar-refractivity contribution in [3.8, 4) is 0 Å². The summed E-state index contributed by atoms with van der Waals surface area (Å²) in [6.45, 7) is 8.56. The van der Waals surface area contributed by atoms with E-state index in [1.807, 2.05) is 13.1 Å². The van der Waals surface area contributed by atoms with Gasteiger partial charge in [-0.25, -0.2) is 0 Å². The second-order valence-corrected chi connectivity index (χ2v) is 4.07. The summed E-state index contributed by atoms with van der Waals surface area (Å²) in [4.78, 5) is 4.43. The smallest absolute Gasteiger partial charge is 0.0686 e. The van der Waals surface area contributed by atoms with Gasteiger partial charge in [-0.3, -0.25) is 4.99 Å². The van der Waals surface area contributed by atoms with Crippen LogP contribution in [0.2, 0.25) is 0 Å². The Balaban J connectivity index is 3.07. The van der Waals surface area contributed by atoms with Crippen LogP contribution in [0.4, 0.5) is 5.69 Å². The molecule has 1 rings (SSSR count). The molecule has 0 amide bonds. The molecule has 0 unspecified atom stereocenters. The molecule has 0 aliphatic heterocycles. The molecule has 0 fully saturated rings. The van der Waals surface area contributed by atoms with Crippen LogP contribution in [0.5, 0.6) is 0 Å². The van der Waals surface area contributed by atoms with Crippen molar-refractivity contribution in [1.29, 1.82) is 0 Å². The van der Waals surface area contributed by atoms with Gasteiger partial charge < -0.3 is 0 Å². The lowest BCUT2D eigenvalue weighted by molar-refractivity contribution is 0.647. The zero-order chi connectivity index (χ0) is 10.6. The van der Waals surface area contributed by atoms with Crippen LogP contribution in [0.1, 0.15) is 31.9 Å². The first-order valence-corrected chi connectivity index (χ1v) is 5.22. The first kappa shape index (κ1) is 11.0. The number of hydrogen-bond donors (Lipinski definition) is 0. The second-order valence-electron chi connectivity index (χ2n) is 4.07. The van der Waals surface area contributed by atoms with E-state index in [9.17, 15) is 0 Å². The van der Waals surface area contributed by atoms with E-state index >= 15 is 0 Å². The summed E-state index contributed by atoms with van der Waals surface area (Å²) in [6.07, 6.45) is 2.97. The molecule has 0 aromatic heterocycles. The van der Waals surface area contributed by atoms with Crippen molar-refractivity contribution in [2.24, 2.45) is 10.9 Å². The topological polar surface area (TPSA) is 12.4 Å². The zero-order valence-corrected chi connectivity index (χ0v) is 9.54. The number of aliphatic imine (C=N–C) groups is 1. The van der Waals surface area contributed by atoms with E-state index < -0.39 is 0 Å². The molecule has 0 radical (unpaired) electrons. The zero-order valence-electron chi connectivity index (χ0n) is 9.54. The normalized spacial score (nSPS) is 11.5. The summed E-state index contributed by atoms with van der Waals surface area (Å²) < 4.78 is 0. The van der Waals surface area contributed by atoms with E-state index in [-0.39, 0.29) is 0 Å². The Bertz CT molecular complexity index is 324. The number of nitrogens with zero attached hydrogens (tertiary/aromatic N) is 1. The number of hydrogen-bond acceptors (Lipinski definition) is 1. The van der Waals surface area contributed by atoms with Crippen molar-refractivity contribution in [2.75, 3.05) is 0 Å². The van der Waals surface area contributed by atoms with Crippen LogP contribution in [0, 0.1) is 12.8 Å². The SMILES string of the molecule is CC=Nc1c(C)cccc1CC(C)C. The average Bonchev–Trinajstić information content (AvgIpc) is 2.10. The number of aryl methyl sites for hydroxylation is 1. The van der Waals surface area contributed by atoms with Crippen LogP contribution < -0.4 is 0 Å². The van der Waals surface area contributed by atoms with Gasteiger partial charge >= 0.3 is 0 Å². The lowest BCUT2D eigenvalue weighted by Crippen LogP contribution is -1.95. The van der Waals surface area contributed by atoms with Crippen molar-refractivity contribution in [3.63, 3.8) is 0 Å². The maximum Gasteiger partial charge on any atom is 0.0686 e. The minimum atomic E-state index is 0.683. The minimum Gasteiger partial charge on any atom is -0.261 e. The maximum absolute atomic E-state index is 4.43. The summed E-state index contributed by atoms with van der Waals surface area (Å²) in [5, 5.41) is 0. The van der Waals surface area contributed by atoms with Crippen LogP contribution in [-0.2, 0) is 6.42 Å². The molecular weight excluding hydrogens is 170 g/mol. The number of benzene rings is 1. The first-order valence-electron chi connectivity index (χ1n) is 5.22. The van der Waals surface area contributed by atoms with Gasteiger partial charge in [0.2, 0.25) is 0 Å². The molecule has 1 aromatic rings. The molecule has 1 aromatic carbocycles. The largest absolute Gasteiger partial charge is 0.261 e. The molecule has 0 saturated carbocycles. The maximum atomic E-state index is 4.43. The van der Waals surface area contributed by atoms with E-state index in [0.29, 0.717) is 5.92 Å². The van der Waals surface area contributed by atoms with Crippen LogP contribution in [0.25, 0.3) is 0 Å². The highest BCUT2D eigenvalue weighted by atomic mass is 14.7. The molecule has 0 aliphatic rings. The second kappa shape index (κ2) is 4.94. The van der Waals surface area contributed by atoms with Gasteiger partial charge in [0.15, 0.2) is 0 Å². The van der Waals surface area contributed by atoms with Gasteiger partial charge in [0.1, 0.15) is 0 Å². The van der Waals surface area contributed by atoms with Crippen molar-refractivity contribution in [1.82, 2.24) is 0 Å². The molecule has 0 aliphatic carbocycles. The number of rotatable bonds is 3. The fourth-order valence-electron chi connectivity index (χ4n) is 1.64. The number of para-hydroxylation sites is 1. The quantitative estimate of drug-likeness (QED) is 0.639. The van der Waals surface area contributed by atoms with Gasteiger partial charge in [-0.15, -0.1) is 0 Å². The van der Waals surface area contributed by atoms with E-state index in [0.717, 1.165) is 12.1 Å². The van der Waals surface area contributed by atoms with Crippen LogP contribution in [0.3, 0.4) is 0 Å². The minimum absolute atomic E-state index is 0.683. The first-order chi connectivity index (χ1) is 6.65. The molecule has 1 nitrogen and oxygen atoms in total. The lowest BCUT2D eigenvalue weighted by Gasteiger charge is -2.10. The van der Waals surface area contributed by atoms with Crippen molar-refractivity contribution in [3.05, 3.63) is 29.3 Å². The Labute approximate surface area is 86.9 Å². The van der Waals surface area contributed by atoms with E-state index in [4.69, 9.17) is 0 Å². The predicted molar refractivity (Wildman–Crippen MR) is 63.5 cm³/mol. The van der Waals surface area contributed by atoms with Crippen LogP contribution >= 0.6 is 0 Å². The molecule has 1 heteroatoms. The van der Waals surface area contributed by atoms with Gasteiger partial charge in [0, 0.05) is 6.21 Å². The van der Waals surface area contributed by atoms with Crippen LogP contribution in [-0.4, -0.2) is 6.21 Å². The summed E-state index contributed by atoms with van der Waals surface area (Å²) in [7, 11) is 0. The van der Waals surface area contributed by atoms with Crippen molar-refractivity contribution >= 4 is 11.9 Å². The highest BCUT2D eigenvalue weighted by Gasteiger charge is 2.05. The fourth-order valence-corrected chi connectivity index (χ4v) is 1.64. The van der Waals surface area contributed by atoms with E-state index in [1.165, 1.54) is 11.1 Å². The van der Waals surface area contributed by atoms with Gasteiger partial charge in [0.25, 0.3) is 0 Å². The highest BCUT2D eigenvalue weighted by Crippen LogP contribution is 2.25. The van der Waals surface area contributed by atoms with Crippen molar-refractivity contribution < 1.29 is 0 Å². The molecule has 76 valence electrons. The third kappa shape index (κ3) is 2.69. The van der Waals surface area contributed by atoms with Gasteiger partial charge in [-0.2, -0.15) is 0 Å². The van der Waals surface area contributed by atoms with E-state index in [1.54, 1.807) is 0 Å². The summed E-state index contributed by atoms with van der Waals surface area (Å²) >= 11 is 0.